The Hall–Kier alpha value is -0.893. The minimum atomic E-state index is -1.97. The molecule has 2 aliphatic heterocycles. The van der Waals surface area contributed by atoms with Gasteiger partial charge in [0.25, 0.3) is 0 Å². The van der Waals surface area contributed by atoms with E-state index in [0.29, 0.717) is 30.3 Å². The quantitative estimate of drug-likeness (QED) is 0.401. The van der Waals surface area contributed by atoms with Gasteiger partial charge in [-0.25, -0.2) is 4.99 Å². The third kappa shape index (κ3) is 5.87. The molecular formula is C21H40N3O4PSi. The molecule has 0 bridgehead atoms. The number of aliphatic imine (C=N–C) groups is 1. The van der Waals surface area contributed by atoms with Crippen LogP contribution in [0.5, 0.6) is 0 Å². The molecule has 0 aromatic heterocycles. The van der Waals surface area contributed by atoms with Gasteiger partial charge in [-0.2, -0.15) is 0 Å². The highest BCUT2D eigenvalue weighted by Crippen LogP contribution is 2.39. The van der Waals surface area contributed by atoms with Gasteiger partial charge in [-0.1, -0.05) is 27.4 Å². The first-order valence-electron chi connectivity index (χ1n) is 10.4. The summed E-state index contributed by atoms with van der Waals surface area (Å²) in [6.45, 7) is 18.2. The van der Waals surface area contributed by atoms with E-state index in [9.17, 15) is 10.2 Å². The van der Waals surface area contributed by atoms with E-state index in [1.807, 2.05) is 0 Å². The van der Waals surface area contributed by atoms with Crippen molar-refractivity contribution in [1.82, 2.24) is 4.90 Å². The van der Waals surface area contributed by atoms with Gasteiger partial charge in [0.2, 0.25) is 0 Å². The minimum absolute atomic E-state index is 0.0735. The molecule has 172 valence electrons. The van der Waals surface area contributed by atoms with Gasteiger partial charge in [-0.05, 0) is 44.0 Å². The van der Waals surface area contributed by atoms with Gasteiger partial charge < -0.3 is 30.0 Å². The number of amidine groups is 1. The summed E-state index contributed by atoms with van der Waals surface area (Å²) in [4.78, 5) is 5.99. The van der Waals surface area contributed by atoms with Gasteiger partial charge in [-0.15, -0.1) is 13.2 Å². The molecule has 2 rings (SSSR count). The molecule has 4 N–H and O–H groups in total. The molecule has 7 nitrogen and oxygen atoms in total. The molecule has 2 aliphatic rings. The molecule has 0 aromatic rings. The third-order valence-corrected chi connectivity index (χ3v) is 12.1. The van der Waals surface area contributed by atoms with E-state index >= 15 is 0 Å². The largest absolute Gasteiger partial charge is 0.412 e. The van der Waals surface area contributed by atoms with Gasteiger partial charge in [0.1, 0.15) is 23.9 Å². The molecule has 1 saturated heterocycles. The average molecular weight is 458 g/mol. The standard InChI is InChI=1S/C21H40N3O4PSi/c1-14-23-19(22)15(13-27-30(8,9)21(2,3)4)12-24(14)20-18(26)17(25)16(28-20)10-11-29(5,6)7/h12,16-18,20,25-26H,1,5,10-11,13H2,2-4,6-9H3,(H2,22,23)/t16?,17-,18-,20-/m1/s1. The summed E-state index contributed by atoms with van der Waals surface area (Å²) in [7, 11) is -1.97. The van der Waals surface area contributed by atoms with Crippen LogP contribution in [0.25, 0.3) is 0 Å². The molecule has 30 heavy (non-hydrogen) atoms. The highest BCUT2D eigenvalue weighted by Gasteiger charge is 2.46. The van der Waals surface area contributed by atoms with Crippen molar-refractivity contribution in [2.45, 2.75) is 69.9 Å². The third-order valence-electron chi connectivity index (χ3n) is 6.20. The van der Waals surface area contributed by atoms with Crippen molar-refractivity contribution in [3.63, 3.8) is 0 Å². The first kappa shape index (κ1) is 25.4. The molecule has 1 fully saturated rings. The molecule has 0 amide bonds. The lowest BCUT2D eigenvalue weighted by molar-refractivity contribution is -0.0582. The van der Waals surface area contributed by atoms with Crippen molar-refractivity contribution in [2.24, 2.45) is 10.7 Å². The van der Waals surface area contributed by atoms with E-state index in [4.69, 9.17) is 14.9 Å². The second kappa shape index (κ2) is 8.92. The Balaban J connectivity index is 2.16. The Kier molecular flexibility index (Phi) is 7.55. The fourth-order valence-electron chi connectivity index (χ4n) is 3.06. The number of hydrogen-bond donors (Lipinski definition) is 3. The molecule has 0 radical (unpaired) electrons. The van der Waals surface area contributed by atoms with Crippen molar-refractivity contribution in [1.29, 1.82) is 0 Å². The molecule has 0 aromatic carbocycles. The number of aliphatic hydroxyl groups is 2. The van der Waals surface area contributed by atoms with Gasteiger partial charge in [0.15, 0.2) is 14.5 Å². The number of nitrogens with zero attached hydrogens (tertiary/aromatic N) is 2. The zero-order chi connectivity index (χ0) is 23.1. The normalized spacial score (nSPS) is 28.6. The van der Waals surface area contributed by atoms with Crippen LogP contribution in [0.1, 0.15) is 27.2 Å². The molecular weight excluding hydrogens is 417 g/mol. The Morgan fingerprint density at radius 1 is 1.30 bits per heavy atom. The van der Waals surface area contributed by atoms with Crippen molar-refractivity contribution in [3.8, 4) is 0 Å². The number of ether oxygens (including phenoxy) is 1. The van der Waals surface area contributed by atoms with E-state index in [1.165, 1.54) is 0 Å². The van der Waals surface area contributed by atoms with Crippen molar-refractivity contribution < 1.29 is 19.4 Å². The lowest BCUT2D eigenvalue weighted by Crippen LogP contribution is -2.44. The van der Waals surface area contributed by atoms with Gasteiger partial charge in [-0.3, -0.25) is 0 Å². The second-order valence-corrected chi connectivity index (χ2v) is 19.6. The number of aliphatic hydroxyl groups excluding tert-OH is 2. The predicted molar refractivity (Wildman–Crippen MR) is 130 cm³/mol. The summed E-state index contributed by atoms with van der Waals surface area (Å²) in [6, 6.07) is 0. The van der Waals surface area contributed by atoms with Gasteiger partial charge in [0.05, 0.1) is 12.7 Å². The summed E-state index contributed by atoms with van der Waals surface area (Å²) in [5.74, 6) is 0.716. The summed E-state index contributed by atoms with van der Waals surface area (Å²) in [5, 5.41) is 21.2. The van der Waals surface area contributed by atoms with Crippen LogP contribution in [-0.4, -0.2) is 86.2 Å². The number of hydrogen-bond acceptors (Lipinski definition) is 7. The lowest BCUT2D eigenvalue weighted by Gasteiger charge is -2.37. The Morgan fingerprint density at radius 3 is 2.43 bits per heavy atom. The maximum absolute atomic E-state index is 10.6. The highest BCUT2D eigenvalue weighted by molar-refractivity contribution is 7.72. The molecule has 0 aliphatic carbocycles. The monoisotopic (exact) mass is 457 g/mol. The summed E-state index contributed by atoms with van der Waals surface area (Å²) in [5.41, 5.74) is 6.84. The van der Waals surface area contributed by atoms with Gasteiger partial charge >= 0.3 is 0 Å². The van der Waals surface area contributed by atoms with Crippen LogP contribution in [-0.2, 0) is 9.16 Å². The molecule has 0 saturated carbocycles. The van der Waals surface area contributed by atoms with Crippen molar-refractivity contribution >= 4 is 27.3 Å². The fourth-order valence-corrected chi connectivity index (χ4v) is 4.96. The zero-order valence-corrected chi connectivity index (χ0v) is 21.4. The fraction of sp³-hybridized carbons (Fsp3) is 0.714. The lowest BCUT2D eigenvalue weighted by atomic mass is 10.1. The maximum atomic E-state index is 10.6. The van der Waals surface area contributed by atoms with Gasteiger partial charge in [0, 0.05) is 11.8 Å². The average Bonchev–Trinajstić information content (AvgIpc) is 2.86. The van der Waals surface area contributed by atoms with Crippen molar-refractivity contribution in [2.75, 3.05) is 26.1 Å². The molecule has 9 heteroatoms. The topological polar surface area (TPSA) is 101 Å². The first-order chi connectivity index (χ1) is 13.5. The van der Waals surface area contributed by atoms with E-state index in [2.05, 4.69) is 65.1 Å². The zero-order valence-electron chi connectivity index (χ0n) is 19.6. The Morgan fingerprint density at radius 2 is 1.90 bits per heavy atom. The van der Waals surface area contributed by atoms with Crippen LogP contribution >= 0.6 is 6.89 Å². The highest BCUT2D eigenvalue weighted by atomic mass is 31.2. The van der Waals surface area contributed by atoms with Crippen LogP contribution in [0.4, 0.5) is 0 Å². The minimum Gasteiger partial charge on any atom is -0.412 e. The van der Waals surface area contributed by atoms with E-state index < -0.39 is 39.7 Å². The second-order valence-electron chi connectivity index (χ2n) is 10.5. The van der Waals surface area contributed by atoms with Crippen LogP contribution in [0.3, 0.4) is 0 Å². The van der Waals surface area contributed by atoms with Crippen LogP contribution in [0.15, 0.2) is 29.2 Å². The van der Waals surface area contributed by atoms with Crippen LogP contribution < -0.4 is 5.73 Å². The summed E-state index contributed by atoms with van der Waals surface area (Å²) in [6.07, 6.45) is 4.23. The van der Waals surface area contributed by atoms with Crippen LogP contribution in [0, 0.1) is 0 Å². The SMILES string of the molecule is C=C1N=C(N)C(CO[Si](C)(C)C(C)(C)C)=CN1[C@@H]1OC(CCP(=C)(C)C)[C@@H](O)[C@H]1O. The Bertz CT molecular complexity index is 769. The molecule has 1 unspecified atom stereocenters. The molecule has 0 spiro atoms. The smallest absolute Gasteiger partial charge is 0.192 e. The Labute approximate surface area is 182 Å². The molecule has 4 atom stereocenters. The van der Waals surface area contributed by atoms with Crippen LogP contribution in [0.2, 0.25) is 18.1 Å². The summed E-state index contributed by atoms with van der Waals surface area (Å²) >= 11 is 0. The number of nitrogens with two attached hydrogens (primary N) is 1. The summed E-state index contributed by atoms with van der Waals surface area (Å²) < 4.78 is 12.3. The maximum Gasteiger partial charge on any atom is 0.192 e. The van der Waals surface area contributed by atoms with E-state index in [-0.39, 0.29) is 5.04 Å². The first-order valence-corrected chi connectivity index (χ1v) is 16.3. The van der Waals surface area contributed by atoms with E-state index in [0.717, 1.165) is 6.16 Å². The predicted octanol–water partition coefficient (Wildman–Crippen LogP) is 2.58. The van der Waals surface area contributed by atoms with E-state index in [1.54, 1.807) is 11.1 Å². The number of rotatable bonds is 7. The van der Waals surface area contributed by atoms with Crippen molar-refractivity contribution in [3.05, 3.63) is 24.2 Å². The molecule has 2 heterocycles.